The zero-order chi connectivity index (χ0) is 25.2. The Bertz CT molecular complexity index is 1530. The molecule has 0 aliphatic carbocycles. The van der Waals surface area contributed by atoms with Crippen molar-refractivity contribution in [3.05, 3.63) is 106 Å². The van der Waals surface area contributed by atoms with Gasteiger partial charge >= 0.3 is 0 Å². The Morgan fingerprint density at radius 1 is 1.03 bits per heavy atom. The molecule has 6 nitrogen and oxygen atoms in total. The quantitative estimate of drug-likeness (QED) is 0.310. The molecule has 0 atom stereocenters. The number of rotatable bonds is 6. The van der Waals surface area contributed by atoms with Crippen LogP contribution >= 0.6 is 23.4 Å². The Balaban J connectivity index is 1.37. The summed E-state index contributed by atoms with van der Waals surface area (Å²) in [7, 11) is 0. The second-order valence-corrected chi connectivity index (χ2v) is 9.61. The third-order valence-electron chi connectivity index (χ3n) is 5.66. The van der Waals surface area contributed by atoms with Gasteiger partial charge in [0.1, 0.15) is 12.4 Å². The number of thioether (sulfide) groups is 1. The minimum absolute atomic E-state index is 0.236. The van der Waals surface area contributed by atoms with Gasteiger partial charge in [-0.3, -0.25) is 19.3 Å². The molecule has 1 aliphatic rings. The van der Waals surface area contributed by atoms with E-state index in [0.29, 0.717) is 17.3 Å². The summed E-state index contributed by atoms with van der Waals surface area (Å²) in [6.45, 7) is 0.112. The van der Waals surface area contributed by atoms with Crippen molar-refractivity contribution in [2.75, 3.05) is 11.9 Å². The smallest absolute Gasteiger partial charge is 0.294 e. The first-order chi connectivity index (χ1) is 17.4. The highest BCUT2D eigenvalue weighted by Gasteiger charge is 2.36. The largest absolute Gasteiger partial charge is 0.342 e. The molecular formula is C27H19ClFN3O3S. The second-order valence-electron chi connectivity index (χ2n) is 8.18. The molecule has 0 unspecified atom stereocenters. The molecule has 0 radical (unpaired) electrons. The van der Waals surface area contributed by atoms with Crippen LogP contribution in [0.4, 0.5) is 14.9 Å². The molecule has 2 heterocycles. The molecule has 180 valence electrons. The molecular weight excluding hydrogens is 501 g/mol. The number of fused-ring (bicyclic) bond motifs is 1. The van der Waals surface area contributed by atoms with Gasteiger partial charge in [0.25, 0.3) is 11.1 Å². The third-order valence-corrected chi connectivity index (χ3v) is 6.80. The Morgan fingerprint density at radius 2 is 1.81 bits per heavy atom. The number of aromatic nitrogens is 1. The van der Waals surface area contributed by atoms with E-state index in [2.05, 4.69) is 5.32 Å². The Kier molecular flexibility index (Phi) is 6.63. The summed E-state index contributed by atoms with van der Waals surface area (Å²) in [5, 5.41) is 3.50. The van der Waals surface area contributed by atoms with Crippen molar-refractivity contribution in [3.63, 3.8) is 0 Å². The van der Waals surface area contributed by atoms with Gasteiger partial charge in [0.2, 0.25) is 5.91 Å². The fraction of sp³-hybridized carbons (Fsp3) is 0.0741. The second kappa shape index (κ2) is 10.0. The van der Waals surface area contributed by atoms with E-state index in [1.165, 1.54) is 12.1 Å². The standard InChI is InChI=1S/C27H19ClFN3O3S/c28-19-4-3-5-21(13-19)30-25(33)16-32-26(34)24(36-27(32)35)12-18-15-31(23-7-2-1-6-22(18)23)14-17-8-10-20(29)11-9-17/h1-13,15H,14,16H2,(H,30,33)/b24-12-. The lowest BCUT2D eigenvalue weighted by molar-refractivity contribution is -0.127. The van der Waals surface area contributed by atoms with Gasteiger partial charge in [-0.2, -0.15) is 0 Å². The van der Waals surface area contributed by atoms with E-state index < -0.39 is 23.6 Å². The number of carbonyl (C=O) groups is 3. The lowest BCUT2D eigenvalue weighted by atomic mass is 10.1. The van der Waals surface area contributed by atoms with Crippen molar-refractivity contribution in [3.8, 4) is 0 Å². The summed E-state index contributed by atoms with van der Waals surface area (Å²) >= 11 is 6.74. The molecule has 1 saturated heterocycles. The molecule has 1 N–H and O–H groups in total. The highest BCUT2D eigenvalue weighted by Crippen LogP contribution is 2.34. The van der Waals surface area contributed by atoms with Crippen LogP contribution in [-0.2, 0) is 16.1 Å². The molecule has 1 aliphatic heterocycles. The number of benzene rings is 3. The summed E-state index contributed by atoms with van der Waals surface area (Å²) in [6.07, 6.45) is 3.57. The minimum atomic E-state index is -0.526. The Morgan fingerprint density at radius 3 is 2.58 bits per heavy atom. The fourth-order valence-corrected chi connectivity index (χ4v) is 5.01. The van der Waals surface area contributed by atoms with Crippen molar-refractivity contribution in [1.29, 1.82) is 0 Å². The first-order valence-corrected chi connectivity index (χ1v) is 12.2. The van der Waals surface area contributed by atoms with Gasteiger partial charge in [-0.15, -0.1) is 0 Å². The predicted molar refractivity (Wildman–Crippen MR) is 140 cm³/mol. The zero-order valence-electron chi connectivity index (χ0n) is 18.8. The van der Waals surface area contributed by atoms with Gasteiger partial charge in [-0.1, -0.05) is 48.0 Å². The number of hydrogen-bond donors (Lipinski definition) is 1. The van der Waals surface area contributed by atoms with Gasteiger partial charge < -0.3 is 9.88 Å². The van der Waals surface area contributed by atoms with Crippen LogP contribution in [0, 0.1) is 5.82 Å². The maximum absolute atomic E-state index is 13.3. The maximum atomic E-state index is 13.3. The first kappa shape index (κ1) is 23.8. The number of nitrogens with one attached hydrogen (secondary N) is 1. The Hall–Kier alpha value is -3.88. The van der Waals surface area contributed by atoms with Crippen molar-refractivity contribution in [2.45, 2.75) is 6.54 Å². The normalized spacial score (nSPS) is 14.7. The molecule has 5 rings (SSSR count). The van der Waals surface area contributed by atoms with Gasteiger partial charge in [0.15, 0.2) is 0 Å². The number of imide groups is 1. The molecule has 0 saturated carbocycles. The number of carbonyl (C=O) groups excluding carboxylic acids is 3. The number of para-hydroxylation sites is 1. The van der Waals surface area contributed by atoms with E-state index in [0.717, 1.165) is 38.7 Å². The summed E-state index contributed by atoms with van der Waals surface area (Å²) in [5.74, 6) is -1.33. The van der Waals surface area contributed by atoms with Crippen LogP contribution < -0.4 is 5.32 Å². The van der Waals surface area contributed by atoms with Crippen LogP contribution in [0.15, 0.2) is 83.9 Å². The van der Waals surface area contributed by atoms with E-state index in [1.54, 1.807) is 42.5 Å². The lowest BCUT2D eigenvalue weighted by Crippen LogP contribution is -2.36. The van der Waals surface area contributed by atoms with Gasteiger partial charge in [-0.25, -0.2) is 4.39 Å². The van der Waals surface area contributed by atoms with Crippen LogP contribution in [0.2, 0.25) is 5.02 Å². The molecule has 3 amide bonds. The molecule has 1 fully saturated rings. The topological polar surface area (TPSA) is 71.4 Å². The minimum Gasteiger partial charge on any atom is -0.342 e. The van der Waals surface area contributed by atoms with Crippen LogP contribution in [0.25, 0.3) is 17.0 Å². The van der Waals surface area contributed by atoms with Gasteiger partial charge in [-0.05, 0) is 59.8 Å². The zero-order valence-corrected chi connectivity index (χ0v) is 20.4. The van der Waals surface area contributed by atoms with Crippen molar-refractivity contribution in [2.24, 2.45) is 0 Å². The molecule has 0 spiro atoms. The number of halogens is 2. The SMILES string of the molecule is O=C(CN1C(=O)S/C(=C\c2cn(Cc3ccc(F)cc3)c3ccccc23)C1=O)Nc1cccc(Cl)c1. The van der Waals surface area contributed by atoms with E-state index in [1.807, 2.05) is 35.0 Å². The number of amides is 3. The summed E-state index contributed by atoms with van der Waals surface area (Å²) < 4.78 is 15.3. The number of anilines is 1. The average Bonchev–Trinajstić information content (AvgIpc) is 3.32. The third kappa shape index (κ3) is 5.05. The van der Waals surface area contributed by atoms with Crippen LogP contribution in [0.5, 0.6) is 0 Å². The average molecular weight is 520 g/mol. The first-order valence-electron chi connectivity index (χ1n) is 11.0. The number of nitrogens with zero attached hydrogens (tertiary/aromatic N) is 2. The number of hydrogen-bond acceptors (Lipinski definition) is 4. The van der Waals surface area contributed by atoms with Crippen LogP contribution in [0.1, 0.15) is 11.1 Å². The van der Waals surface area contributed by atoms with Crippen LogP contribution in [0.3, 0.4) is 0 Å². The van der Waals surface area contributed by atoms with E-state index in [9.17, 15) is 18.8 Å². The predicted octanol–water partition coefficient (Wildman–Crippen LogP) is 6.16. The van der Waals surface area contributed by atoms with E-state index in [-0.39, 0.29) is 10.7 Å². The summed E-state index contributed by atoms with van der Waals surface area (Å²) in [4.78, 5) is 39.2. The summed E-state index contributed by atoms with van der Waals surface area (Å²) in [6, 6.07) is 20.6. The van der Waals surface area contributed by atoms with Crippen molar-refractivity contribution >= 4 is 63.1 Å². The van der Waals surface area contributed by atoms with Gasteiger partial charge in [0.05, 0.1) is 4.91 Å². The highest BCUT2D eigenvalue weighted by molar-refractivity contribution is 8.18. The summed E-state index contributed by atoms with van der Waals surface area (Å²) in [5.41, 5.74) is 3.11. The van der Waals surface area contributed by atoms with Gasteiger partial charge in [0, 0.05) is 39.9 Å². The van der Waals surface area contributed by atoms with E-state index >= 15 is 0 Å². The molecule has 0 bridgehead atoms. The fourth-order valence-electron chi connectivity index (χ4n) is 4.00. The van der Waals surface area contributed by atoms with Crippen LogP contribution in [-0.4, -0.2) is 33.1 Å². The molecule has 1 aromatic heterocycles. The van der Waals surface area contributed by atoms with Crippen molar-refractivity contribution < 1.29 is 18.8 Å². The molecule has 36 heavy (non-hydrogen) atoms. The van der Waals surface area contributed by atoms with Crippen molar-refractivity contribution in [1.82, 2.24) is 9.47 Å². The Labute approximate surface area is 215 Å². The lowest BCUT2D eigenvalue weighted by Gasteiger charge is -2.12. The maximum Gasteiger partial charge on any atom is 0.294 e. The highest BCUT2D eigenvalue weighted by atomic mass is 35.5. The molecule has 9 heteroatoms. The van der Waals surface area contributed by atoms with E-state index in [4.69, 9.17) is 11.6 Å². The molecule has 3 aromatic carbocycles. The monoisotopic (exact) mass is 519 g/mol. The molecule has 4 aromatic rings.